The van der Waals surface area contributed by atoms with Gasteiger partial charge in [0.1, 0.15) is 5.69 Å². The average molecular weight is 437 g/mol. The molecule has 1 aliphatic rings. The number of amides is 1. The highest BCUT2D eigenvalue weighted by molar-refractivity contribution is 5.82. The summed E-state index contributed by atoms with van der Waals surface area (Å²) in [5.41, 5.74) is 4.05. The Morgan fingerprint density at radius 3 is 2.72 bits per heavy atom. The number of hydrogen-bond acceptors (Lipinski definition) is 8. The highest BCUT2D eigenvalue weighted by Gasteiger charge is 2.46. The summed E-state index contributed by atoms with van der Waals surface area (Å²) in [4.78, 5) is 23.5. The van der Waals surface area contributed by atoms with Crippen LogP contribution in [0.2, 0.25) is 0 Å². The molecule has 0 aliphatic heterocycles. The number of carbonyl (C=O) groups excluding carboxylic acids is 1. The van der Waals surface area contributed by atoms with Gasteiger partial charge in [0, 0.05) is 50.8 Å². The molecule has 1 aliphatic carbocycles. The molecule has 32 heavy (non-hydrogen) atoms. The predicted molar refractivity (Wildman–Crippen MR) is 119 cm³/mol. The van der Waals surface area contributed by atoms with Crippen molar-refractivity contribution < 1.29 is 13.9 Å². The van der Waals surface area contributed by atoms with Gasteiger partial charge in [-0.3, -0.25) is 9.78 Å². The molecule has 2 unspecified atom stereocenters. The summed E-state index contributed by atoms with van der Waals surface area (Å²) in [6.45, 7) is 3.75. The zero-order valence-corrected chi connectivity index (χ0v) is 18.8. The number of hydrogen-bond donors (Lipinski definition) is 1. The molecule has 0 bridgehead atoms. The van der Waals surface area contributed by atoms with Crippen LogP contribution in [0.4, 0.5) is 0 Å². The van der Waals surface area contributed by atoms with Gasteiger partial charge in [0.25, 0.3) is 5.89 Å². The number of benzene rings is 1. The van der Waals surface area contributed by atoms with Crippen molar-refractivity contribution in [2.75, 3.05) is 34.4 Å². The maximum Gasteiger partial charge on any atom is 0.268 e. The number of aryl methyl sites for hydroxylation is 1. The second-order valence-electron chi connectivity index (χ2n) is 8.07. The summed E-state index contributed by atoms with van der Waals surface area (Å²) in [6.07, 6.45) is 2.51. The third-order valence-corrected chi connectivity index (χ3v) is 5.68. The molecular weight excluding hydrogens is 408 g/mol. The number of aromatic nitrogens is 4. The van der Waals surface area contributed by atoms with Crippen molar-refractivity contribution >= 4 is 5.91 Å². The quantitative estimate of drug-likeness (QED) is 0.545. The van der Waals surface area contributed by atoms with E-state index in [4.69, 9.17) is 14.1 Å². The summed E-state index contributed by atoms with van der Waals surface area (Å²) in [5.74, 6) is 0.851. The molecule has 1 amide bonds. The topological polar surface area (TPSA) is 106 Å². The Morgan fingerprint density at radius 1 is 1.25 bits per heavy atom. The van der Waals surface area contributed by atoms with Crippen LogP contribution in [0.25, 0.3) is 23.0 Å². The number of likely N-dealkylation sites (N-methyl/N-ethyl adjacent to an activating group) is 1. The third-order valence-electron chi connectivity index (χ3n) is 5.68. The van der Waals surface area contributed by atoms with Gasteiger partial charge in [-0.1, -0.05) is 12.1 Å². The summed E-state index contributed by atoms with van der Waals surface area (Å²) in [6, 6.07) is 7.96. The third kappa shape index (κ3) is 4.68. The molecule has 2 aromatic heterocycles. The highest BCUT2D eigenvalue weighted by atomic mass is 16.5. The molecule has 168 valence electrons. The summed E-state index contributed by atoms with van der Waals surface area (Å²) in [7, 11) is 5.34. The molecule has 1 N–H and O–H groups in total. The van der Waals surface area contributed by atoms with Crippen LogP contribution < -0.4 is 5.32 Å². The van der Waals surface area contributed by atoms with Crippen LogP contribution in [0.3, 0.4) is 0 Å². The van der Waals surface area contributed by atoms with Gasteiger partial charge < -0.3 is 19.4 Å². The van der Waals surface area contributed by atoms with E-state index < -0.39 is 0 Å². The van der Waals surface area contributed by atoms with E-state index in [9.17, 15) is 4.79 Å². The van der Waals surface area contributed by atoms with Crippen molar-refractivity contribution in [3.8, 4) is 23.0 Å². The largest absolute Gasteiger partial charge is 0.415 e. The maximum absolute atomic E-state index is 12.6. The first-order chi connectivity index (χ1) is 15.5. The Morgan fingerprint density at radius 2 is 2.00 bits per heavy atom. The fourth-order valence-corrected chi connectivity index (χ4v) is 3.67. The second-order valence-corrected chi connectivity index (χ2v) is 8.07. The van der Waals surface area contributed by atoms with Crippen molar-refractivity contribution in [3.05, 3.63) is 47.4 Å². The molecule has 2 heterocycles. The van der Waals surface area contributed by atoms with Crippen molar-refractivity contribution in [2.45, 2.75) is 25.8 Å². The first-order valence-corrected chi connectivity index (χ1v) is 10.7. The minimum atomic E-state index is -0.0731. The molecule has 1 aromatic carbocycles. The Labute approximate surface area is 187 Å². The number of rotatable bonds is 9. The van der Waals surface area contributed by atoms with E-state index >= 15 is 0 Å². The Hall–Kier alpha value is -3.17. The Bertz CT molecular complexity index is 1080. The lowest BCUT2D eigenvalue weighted by Gasteiger charge is -2.16. The average Bonchev–Trinajstić information content (AvgIpc) is 3.46. The smallest absolute Gasteiger partial charge is 0.268 e. The van der Waals surface area contributed by atoms with Gasteiger partial charge >= 0.3 is 0 Å². The van der Waals surface area contributed by atoms with Gasteiger partial charge in [-0.25, -0.2) is 4.98 Å². The number of nitrogens with zero attached hydrogens (tertiary/aromatic N) is 5. The van der Waals surface area contributed by atoms with Gasteiger partial charge in [0.2, 0.25) is 11.8 Å². The van der Waals surface area contributed by atoms with Gasteiger partial charge in [0.05, 0.1) is 18.0 Å². The number of ether oxygens (including phenoxy) is 1. The summed E-state index contributed by atoms with van der Waals surface area (Å²) in [5, 5.41) is 11.5. The lowest BCUT2D eigenvalue weighted by Crippen LogP contribution is -2.31. The number of carbonyl (C=O) groups is 1. The monoisotopic (exact) mass is 436 g/mol. The zero-order valence-electron chi connectivity index (χ0n) is 18.8. The van der Waals surface area contributed by atoms with Crippen molar-refractivity contribution in [2.24, 2.45) is 5.92 Å². The predicted octanol–water partition coefficient (Wildman–Crippen LogP) is 2.43. The molecule has 0 spiro atoms. The summed E-state index contributed by atoms with van der Waals surface area (Å²) < 4.78 is 11.0. The van der Waals surface area contributed by atoms with Gasteiger partial charge in [-0.15, -0.1) is 10.2 Å². The van der Waals surface area contributed by atoms with E-state index in [1.54, 1.807) is 25.3 Å². The van der Waals surface area contributed by atoms with Crippen molar-refractivity contribution in [1.82, 2.24) is 30.4 Å². The van der Waals surface area contributed by atoms with Crippen LogP contribution in [-0.4, -0.2) is 65.3 Å². The van der Waals surface area contributed by atoms with E-state index in [0.717, 1.165) is 24.2 Å². The van der Waals surface area contributed by atoms with Crippen molar-refractivity contribution in [1.29, 1.82) is 0 Å². The molecule has 1 fully saturated rings. The maximum atomic E-state index is 12.6. The van der Waals surface area contributed by atoms with Gasteiger partial charge in [-0.2, -0.15) is 0 Å². The Balaban J connectivity index is 1.50. The standard InChI is InChI=1S/C23H28N6O3/c1-14-20(22-28-27-21(32-22)16-7-5-15(6-8-16)12-24-2)26-19(13-25-14)17-11-18(17)23(30)29(3)9-10-31-4/h5-8,13,17-18,24H,9-12H2,1-4H3. The lowest BCUT2D eigenvalue weighted by atomic mass is 10.1. The molecule has 0 radical (unpaired) electrons. The van der Waals surface area contributed by atoms with E-state index in [1.165, 1.54) is 5.56 Å². The zero-order chi connectivity index (χ0) is 22.7. The first kappa shape index (κ1) is 22.0. The summed E-state index contributed by atoms with van der Waals surface area (Å²) >= 11 is 0. The molecular formula is C23H28N6O3. The van der Waals surface area contributed by atoms with Crippen LogP contribution in [-0.2, 0) is 16.1 Å². The van der Waals surface area contributed by atoms with E-state index in [-0.39, 0.29) is 17.7 Å². The van der Waals surface area contributed by atoms with Gasteiger partial charge in [-0.05, 0) is 38.1 Å². The molecule has 9 heteroatoms. The van der Waals surface area contributed by atoms with E-state index in [0.29, 0.717) is 36.3 Å². The second kappa shape index (κ2) is 9.54. The Kier molecular flexibility index (Phi) is 6.57. The van der Waals surface area contributed by atoms with Crippen LogP contribution in [0.15, 0.2) is 34.9 Å². The fraction of sp³-hybridized carbons (Fsp3) is 0.435. The SMILES string of the molecule is CNCc1ccc(-c2nnc(-c3nc(C4CC4C(=O)N(C)CCOC)cnc3C)o2)cc1. The number of methoxy groups -OCH3 is 1. The molecule has 4 rings (SSSR count). The van der Waals surface area contributed by atoms with Crippen molar-refractivity contribution in [3.63, 3.8) is 0 Å². The van der Waals surface area contributed by atoms with E-state index in [1.807, 2.05) is 38.2 Å². The minimum absolute atomic E-state index is 0.0569. The molecule has 9 nitrogen and oxygen atoms in total. The van der Waals surface area contributed by atoms with Crippen LogP contribution >= 0.6 is 0 Å². The lowest BCUT2D eigenvalue weighted by molar-refractivity contribution is -0.131. The minimum Gasteiger partial charge on any atom is -0.415 e. The van der Waals surface area contributed by atoms with E-state index in [2.05, 4.69) is 20.5 Å². The molecule has 0 saturated heterocycles. The van der Waals surface area contributed by atoms with Gasteiger partial charge in [0.15, 0.2) is 0 Å². The normalized spacial score (nSPS) is 17.4. The van der Waals surface area contributed by atoms with Crippen LogP contribution in [0.5, 0.6) is 0 Å². The highest BCUT2D eigenvalue weighted by Crippen LogP contribution is 2.47. The molecule has 1 saturated carbocycles. The molecule has 2 atom stereocenters. The first-order valence-electron chi connectivity index (χ1n) is 10.7. The van der Waals surface area contributed by atoms with Crippen LogP contribution in [0, 0.1) is 12.8 Å². The number of nitrogens with one attached hydrogen (secondary N) is 1. The van der Waals surface area contributed by atoms with Crippen LogP contribution in [0.1, 0.15) is 29.3 Å². The fourth-order valence-electron chi connectivity index (χ4n) is 3.67. The molecule has 3 aromatic rings.